The van der Waals surface area contributed by atoms with E-state index in [0.29, 0.717) is 23.7 Å². The topological polar surface area (TPSA) is 88.4 Å². The Hall–Kier alpha value is -1.03. The average Bonchev–Trinajstić information content (AvgIpc) is 2.47. The minimum atomic E-state index is -2.31. The summed E-state index contributed by atoms with van der Waals surface area (Å²) in [5.74, 6) is 0.218. The van der Waals surface area contributed by atoms with E-state index in [1.807, 2.05) is 19.1 Å². The monoisotopic (exact) mass is 410 g/mol. The predicted octanol–water partition coefficient (Wildman–Crippen LogP) is 3.82. The molecule has 1 atom stereocenters. The summed E-state index contributed by atoms with van der Waals surface area (Å²) in [5.41, 5.74) is 1.64. The van der Waals surface area contributed by atoms with Crippen molar-refractivity contribution in [2.45, 2.75) is 13.3 Å². The van der Waals surface area contributed by atoms with Crippen molar-refractivity contribution in [1.82, 2.24) is 15.0 Å². The zero-order chi connectivity index (χ0) is 17.7. The number of hydrogen-bond acceptors (Lipinski definition) is 6. The second kappa shape index (κ2) is 8.89. The van der Waals surface area contributed by atoms with Crippen LogP contribution in [0, 0.1) is 6.92 Å². The summed E-state index contributed by atoms with van der Waals surface area (Å²) in [6, 6.07) is 5.50. The highest BCUT2D eigenvalue weighted by Gasteiger charge is 2.17. The van der Waals surface area contributed by atoms with Gasteiger partial charge in [-0.3, -0.25) is 8.74 Å². The van der Waals surface area contributed by atoms with E-state index in [9.17, 15) is 4.21 Å². The molecule has 0 aliphatic heterocycles. The van der Waals surface area contributed by atoms with Gasteiger partial charge in [-0.15, -0.1) is 0 Å². The van der Waals surface area contributed by atoms with Crippen molar-refractivity contribution >= 4 is 57.8 Å². The minimum absolute atomic E-state index is 0.0500. The molecule has 2 rings (SSSR count). The molecule has 1 aromatic carbocycles. The average molecular weight is 412 g/mol. The number of benzene rings is 1. The van der Waals surface area contributed by atoms with Crippen LogP contribution in [0.25, 0.3) is 0 Å². The van der Waals surface area contributed by atoms with Crippen molar-refractivity contribution in [1.29, 1.82) is 0 Å². The Balaban J connectivity index is 2.31. The molecule has 7 nitrogen and oxygen atoms in total. The van der Waals surface area contributed by atoms with Gasteiger partial charge in [-0.2, -0.15) is 19.2 Å². The third-order valence-corrected chi connectivity index (χ3v) is 3.92. The van der Waals surface area contributed by atoms with Crippen LogP contribution in [0.15, 0.2) is 18.2 Å². The number of hydrogen-bond donors (Lipinski definition) is 1. The third-order valence-electron chi connectivity index (χ3n) is 2.91. The SMILES string of the molecule is Cc1ccc(N(CCCOS(=O)O)c2nc(Cl)nc(Cl)n2)c(Cl)c1. The lowest BCUT2D eigenvalue weighted by Crippen LogP contribution is -2.23. The zero-order valence-electron chi connectivity index (χ0n) is 12.4. The van der Waals surface area contributed by atoms with E-state index in [1.54, 1.807) is 11.0 Å². The summed E-state index contributed by atoms with van der Waals surface area (Å²) in [7, 11) is 0. The van der Waals surface area contributed by atoms with Crippen molar-refractivity contribution in [3.05, 3.63) is 39.4 Å². The van der Waals surface area contributed by atoms with Crippen LogP contribution in [-0.2, 0) is 15.5 Å². The Kier molecular flexibility index (Phi) is 7.15. The van der Waals surface area contributed by atoms with Crippen molar-refractivity contribution in [3.8, 4) is 0 Å². The van der Waals surface area contributed by atoms with Crippen LogP contribution in [0.3, 0.4) is 0 Å². The number of anilines is 2. The molecule has 0 saturated heterocycles. The van der Waals surface area contributed by atoms with Crippen molar-refractivity contribution < 1.29 is 12.9 Å². The molecule has 0 aliphatic rings. The second-order valence-corrected chi connectivity index (χ2v) is 6.43. The van der Waals surface area contributed by atoms with Gasteiger partial charge < -0.3 is 4.90 Å². The molecule has 24 heavy (non-hydrogen) atoms. The number of rotatable bonds is 7. The number of nitrogens with zero attached hydrogens (tertiary/aromatic N) is 4. The molecule has 0 spiro atoms. The lowest BCUT2D eigenvalue weighted by atomic mass is 10.2. The highest BCUT2D eigenvalue weighted by molar-refractivity contribution is 7.74. The van der Waals surface area contributed by atoms with Crippen LogP contribution in [0.4, 0.5) is 11.6 Å². The van der Waals surface area contributed by atoms with Gasteiger partial charge in [0.1, 0.15) is 0 Å². The summed E-state index contributed by atoms with van der Waals surface area (Å²) >= 11 is 15.7. The van der Waals surface area contributed by atoms with E-state index in [-0.39, 0.29) is 23.1 Å². The largest absolute Gasteiger partial charge is 0.309 e. The summed E-state index contributed by atoms with van der Waals surface area (Å²) in [4.78, 5) is 13.5. The maximum Gasteiger partial charge on any atom is 0.301 e. The first-order chi connectivity index (χ1) is 11.4. The summed E-state index contributed by atoms with van der Waals surface area (Å²) in [6.07, 6.45) is 0.414. The predicted molar refractivity (Wildman–Crippen MR) is 94.4 cm³/mol. The van der Waals surface area contributed by atoms with Gasteiger partial charge in [0.2, 0.25) is 16.5 Å². The standard InChI is InChI=1S/C13H13Cl3N4O3S/c1-8-3-4-10(9(14)7-8)20(5-2-6-23-24(21)22)13-18-11(15)17-12(16)19-13/h3-4,7H,2,5-6H2,1H3,(H,21,22). The van der Waals surface area contributed by atoms with Gasteiger partial charge >= 0.3 is 11.4 Å². The summed E-state index contributed by atoms with van der Waals surface area (Å²) < 4.78 is 23.8. The normalized spacial score (nSPS) is 12.2. The maximum atomic E-state index is 10.6. The van der Waals surface area contributed by atoms with Crippen LogP contribution in [-0.4, -0.2) is 36.9 Å². The van der Waals surface area contributed by atoms with Crippen LogP contribution >= 0.6 is 34.8 Å². The number of halogens is 3. The van der Waals surface area contributed by atoms with E-state index < -0.39 is 11.4 Å². The van der Waals surface area contributed by atoms with Crippen molar-refractivity contribution in [2.75, 3.05) is 18.1 Å². The molecule has 0 saturated carbocycles. The first-order valence-corrected chi connectivity index (χ1v) is 8.88. The minimum Gasteiger partial charge on any atom is -0.309 e. The lowest BCUT2D eigenvalue weighted by Gasteiger charge is -2.24. The molecule has 1 heterocycles. The van der Waals surface area contributed by atoms with E-state index in [4.69, 9.17) is 39.4 Å². The molecule has 0 amide bonds. The molecule has 0 fully saturated rings. The molecule has 0 bridgehead atoms. The highest BCUT2D eigenvalue weighted by atomic mass is 35.5. The van der Waals surface area contributed by atoms with E-state index >= 15 is 0 Å². The fourth-order valence-corrected chi connectivity index (χ4v) is 2.90. The molecule has 1 N–H and O–H groups in total. The molecular weight excluding hydrogens is 399 g/mol. The molecule has 11 heteroatoms. The molecule has 2 aromatic rings. The smallest absolute Gasteiger partial charge is 0.301 e. The van der Waals surface area contributed by atoms with Crippen LogP contribution in [0.1, 0.15) is 12.0 Å². The molecule has 0 radical (unpaired) electrons. The van der Waals surface area contributed by atoms with Crippen molar-refractivity contribution in [3.63, 3.8) is 0 Å². The Labute approximate surface area is 156 Å². The molecule has 1 aromatic heterocycles. The fraction of sp³-hybridized carbons (Fsp3) is 0.308. The summed E-state index contributed by atoms with van der Waals surface area (Å²) in [5, 5.41) is 0.395. The maximum absolute atomic E-state index is 10.6. The van der Waals surface area contributed by atoms with Gasteiger partial charge in [0.05, 0.1) is 17.3 Å². The Morgan fingerprint density at radius 2 is 1.88 bits per heavy atom. The lowest BCUT2D eigenvalue weighted by molar-refractivity contribution is 0.303. The Bertz CT molecular complexity index is 730. The van der Waals surface area contributed by atoms with Crippen molar-refractivity contribution in [2.24, 2.45) is 0 Å². The number of aryl methyl sites for hydroxylation is 1. The van der Waals surface area contributed by atoms with Crippen LogP contribution in [0.5, 0.6) is 0 Å². The highest BCUT2D eigenvalue weighted by Crippen LogP contribution is 2.31. The Morgan fingerprint density at radius 1 is 1.21 bits per heavy atom. The van der Waals surface area contributed by atoms with Gasteiger partial charge in [0.15, 0.2) is 0 Å². The molecule has 0 aliphatic carbocycles. The van der Waals surface area contributed by atoms with E-state index in [0.717, 1.165) is 5.56 Å². The quantitative estimate of drug-likeness (QED) is 0.547. The first kappa shape index (κ1) is 19.3. The Morgan fingerprint density at radius 3 is 2.46 bits per heavy atom. The van der Waals surface area contributed by atoms with Gasteiger partial charge in [0.25, 0.3) is 0 Å². The molecular formula is C13H13Cl3N4O3S. The molecule has 1 unspecified atom stereocenters. The third kappa shape index (κ3) is 5.51. The first-order valence-electron chi connectivity index (χ1n) is 6.71. The fourth-order valence-electron chi connectivity index (χ4n) is 1.95. The van der Waals surface area contributed by atoms with Crippen LogP contribution in [0.2, 0.25) is 15.6 Å². The van der Waals surface area contributed by atoms with Gasteiger partial charge in [-0.05, 0) is 54.2 Å². The van der Waals surface area contributed by atoms with E-state index in [2.05, 4.69) is 19.1 Å². The van der Waals surface area contributed by atoms with Gasteiger partial charge in [-0.1, -0.05) is 17.7 Å². The van der Waals surface area contributed by atoms with Gasteiger partial charge in [-0.25, -0.2) is 0 Å². The molecule has 130 valence electrons. The van der Waals surface area contributed by atoms with Crippen LogP contribution < -0.4 is 4.90 Å². The van der Waals surface area contributed by atoms with Gasteiger partial charge in [0, 0.05) is 6.54 Å². The number of aromatic nitrogens is 3. The van der Waals surface area contributed by atoms with E-state index in [1.165, 1.54) is 0 Å². The zero-order valence-corrected chi connectivity index (χ0v) is 15.5. The second-order valence-electron chi connectivity index (χ2n) is 4.67. The summed E-state index contributed by atoms with van der Waals surface area (Å²) in [6.45, 7) is 2.34.